The molecule has 1 aromatic carbocycles. The van der Waals surface area contributed by atoms with Crippen LogP contribution in [0.15, 0.2) is 29.2 Å². The standard InChI is InChI=1S/C11H13Cl2NO4S/c12-5-7-14(8-6-13)19(17,18)10-3-1-9(2-4-10)11(15)16/h1-4H,5-8H2,(H,15,16)/p-1. The first-order valence-corrected chi connectivity index (χ1v) is 7.88. The molecule has 0 radical (unpaired) electrons. The van der Waals surface area contributed by atoms with Gasteiger partial charge in [0.1, 0.15) is 0 Å². The first-order chi connectivity index (χ1) is 8.93. The van der Waals surface area contributed by atoms with Gasteiger partial charge in [-0.1, -0.05) is 12.1 Å². The fraction of sp³-hybridized carbons (Fsp3) is 0.364. The molecule has 19 heavy (non-hydrogen) atoms. The van der Waals surface area contributed by atoms with Crippen molar-refractivity contribution in [1.82, 2.24) is 4.31 Å². The van der Waals surface area contributed by atoms with Crippen LogP contribution in [-0.4, -0.2) is 43.5 Å². The molecule has 0 aliphatic rings. The molecular weight excluding hydrogens is 313 g/mol. The molecule has 0 aliphatic heterocycles. The highest BCUT2D eigenvalue weighted by atomic mass is 35.5. The molecular formula is C11H12Cl2NO4S-. The first kappa shape index (κ1) is 16.2. The third-order valence-corrected chi connectivity index (χ3v) is 4.65. The van der Waals surface area contributed by atoms with Crippen LogP contribution in [-0.2, 0) is 10.0 Å². The van der Waals surface area contributed by atoms with Crippen LogP contribution in [0, 0.1) is 0 Å². The molecule has 0 aliphatic carbocycles. The van der Waals surface area contributed by atoms with E-state index in [1.807, 2.05) is 0 Å². The van der Waals surface area contributed by atoms with Crippen LogP contribution in [0.3, 0.4) is 0 Å². The minimum Gasteiger partial charge on any atom is -0.545 e. The van der Waals surface area contributed by atoms with Crippen molar-refractivity contribution in [2.24, 2.45) is 0 Å². The molecule has 0 fully saturated rings. The lowest BCUT2D eigenvalue weighted by molar-refractivity contribution is -0.255. The third-order valence-electron chi connectivity index (χ3n) is 2.40. The number of carboxylic acids is 1. The molecule has 5 nitrogen and oxygen atoms in total. The van der Waals surface area contributed by atoms with E-state index in [4.69, 9.17) is 23.2 Å². The van der Waals surface area contributed by atoms with E-state index >= 15 is 0 Å². The van der Waals surface area contributed by atoms with Crippen molar-refractivity contribution in [2.45, 2.75) is 4.90 Å². The van der Waals surface area contributed by atoms with Crippen molar-refractivity contribution in [3.63, 3.8) is 0 Å². The summed E-state index contributed by atoms with van der Waals surface area (Å²) >= 11 is 11.1. The van der Waals surface area contributed by atoms with E-state index in [9.17, 15) is 18.3 Å². The highest BCUT2D eigenvalue weighted by Crippen LogP contribution is 2.16. The van der Waals surface area contributed by atoms with Crippen LogP contribution in [0.2, 0.25) is 0 Å². The fourth-order valence-electron chi connectivity index (χ4n) is 1.45. The van der Waals surface area contributed by atoms with Gasteiger partial charge in [-0.05, 0) is 17.7 Å². The van der Waals surface area contributed by atoms with Gasteiger partial charge >= 0.3 is 0 Å². The van der Waals surface area contributed by atoms with E-state index in [0.717, 1.165) is 4.31 Å². The zero-order valence-corrected chi connectivity index (χ0v) is 12.2. The van der Waals surface area contributed by atoms with E-state index in [1.165, 1.54) is 24.3 Å². The molecule has 0 aromatic heterocycles. The molecule has 8 heteroatoms. The molecule has 0 heterocycles. The Labute approximate surface area is 121 Å². The second-order valence-corrected chi connectivity index (χ2v) is 6.29. The summed E-state index contributed by atoms with van der Waals surface area (Å²) in [6.07, 6.45) is 0. The summed E-state index contributed by atoms with van der Waals surface area (Å²) < 4.78 is 25.6. The Balaban J connectivity index is 3.07. The molecule has 0 amide bonds. The SMILES string of the molecule is O=C([O-])c1ccc(S(=O)(=O)N(CCCl)CCCl)cc1. The number of carboxylic acid groups (broad SMARTS) is 1. The monoisotopic (exact) mass is 324 g/mol. The summed E-state index contributed by atoms with van der Waals surface area (Å²) in [5.74, 6) is -1.07. The number of hydrogen-bond acceptors (Lipinski definition) is 4. The van der Waals surface area contributed by atoms with Crippen LogP contribution in [0.1, 0.15) is 10.4 Å². The van der Waals surface area contributed by atoms with Gasteiger partial charge < -0.3 is 9.90 Å². The van der Waals surface area contributed by atoms with Gasteiger partial charge in [0.05, 0.1) is 10.9 Å². The number of nitrogens with zero attached hydrogens (tertiary/aromatic N) is 1. The topological polar surface area (TPSA) is 77.5 Å². The van der Waals surface area contributed by atoms with Gasteiger partial charge in [0.15, 0.2) is 0 Å². The summed E-state index contributed by atoms with van der Waals surface area (Å²) in [4.78, 5) is 10.6. The lowest BCUT2D eigenvalue weighted by Gasteiger charge is -2.20. The number of carbonyl (C=O) groups excluding carboxylic acids is 1. The van der Waals surface area contributed by atoms with E-state index < -0.39 is 16.0 Å². The second-order valence-electron chi connectivity index (χ2n) is 3.59. The molecule has 106 valence electrons. The Kier molecular flexibility index (Phi) is 6.06. The van der Waals surface area contributed by atoms with E-state index in [1.54, 1.807) is 0 Å². The molecule has 0 unspecified atom stereocenters. The molecule has 0 bridgehead atoms. The molecule has 0 N–H and O–H groups in total. The Bertz CT molecular complexity index is 524. The van der Waals surface area contributed by atoms with E-state index in [2.05, 4.69) is 0 Å². The zero-order valence-electron chi connectivity index (χ0n) is 9.88. The molecule has 0 atom stereocenters. The second kappa shape index (κ2) is 7.09. The van der Waals surface area contributed by atoms with Crippen LogP contribution in [0.5, 0.6) is 0 Å². The van der Waals surface area contributed by atoms with E-state index in [-0.39, 0.29) is 35.3 Å². The van der Waals surface area contributed by atoms with Gasteiger partial charge in [-0.3, -0.25) is 0 Å². The van der Waals surface area contributed by atoms with Gasteiger partial charge in [0.25, 0.3) is 0 Å². The number of benzene rings is 1. The van der Waals surface area contributed by atoms with Gasteiger partial charge in [0, 0.05) is 24.8 Å². The number of sulfonamides is 1. The highest BCUT2D eigenvalue weighted by Gasteiger charge is 2.23. The summed E-state index contributed by atoms with van der Waals surface area (Å²) in [5.41, 5.74) is -0.0832. The summed E-state index contributed by atoms with van der Waals surface area (Å²) in [5, 5.41) is 10.6. The van der Waals surface area contributed by atoms with Crippen molar-refractivity contribution >= 4 is 39.2 Å². The lowest BCUT2D eigenvalue weighted by atomic mass is 10.2. The number of alkyl halides is 2. The summed E-state index contributed by atoms with van der Waals surface area (Å²) in [7, 11) is -3.72. The maximum absolute atomic E-state index is 12.2. The highest BCUT2D eigenvalue weighted by molar-refractivity contribution is 7.89. The van der Waals surface area contributed by atoms with Gasteiger partial charge in [-0.15, -0.1) is 23.2 Å². The lowest BCUT2D eigenvalue weighted by Crippen LogP contribution is -2.34. The molecule has 0 saturated heterocycles. The van der Waals surface area contributed by atoms with Gasteiger partial charge in [-0.25, -0.2) is 8.42 Å². The molecule has 0 saturated carbocycles. The number of halogens is 2. The number of hydrogen-bond donors (Lipinski definition) is 0. The van der Waals surface area contributed by atoms with Crippen molar-refractivity contribution in [2.75, 3.05) is 24.8 Å². The van der Waals surface area contributed by atoms with Crippen molar-refractivity contribution in [1.29, 1.82) is 0 Å². The van der Waals surface area contributed by atoms with Crippen LogP contribution >= 0.6 is 23.2 Å². The van der Waals surface area contributed by atoms with E-state index in [0.29, 0.717) is 0 Å². The Morgan fingerprint density at radius 2 is 1.58 bits per heavy atom. The predicted octanol–water partition coefficient (Wildman–Crippen LogP) is 0.518. The van der Waals surface area contributed by atoms with Crippen LogP contribution in [0.4, 0.5) is 0 Å². The average molecular weight is 325 g/mol. The zero-order chi connectivity index (χ0) is 14.5. The minimum atomic E-state index is -3.72. The summed E-state index contributed by atoms with van der Waals surface area (Å²) in [6.45, 7) is 0.275. The quantitative estimate of drug-likeness (QED) is 0.685. The Morgan fingerprint density at radius 1 is 1.11 bits per heavy atom. The smallest absolute Gasteiger partial charge is 0.243 e. The average Bonchev–Trinajstić information content (AvgIpc) is 2.38. The van der Waals surface area contributed by atoms with Crippen molar-refractivity contribution in [3.8, 4) is 0 Å². The van der Waals surface area contributed by atoms with Gasteiger partial charge in [-0.2, -0.15) is 4.31 Å². The van der Waals surface area contributed by atoms with Gasteiger partial charge in [0.2, 0.25) is 10.0 Å². The maximum Gasteiger partial charge on any atom is 0.243 e. The van der Waals surface area contributed by atoms with Crippen molar-refractivity contribution in [3.05, 3.63) is 29.8 Å². The Hall–Kier alpha value is -0.820. The minimum absolute atomic E-state index is 0.00673. The van der Waals surface area contributed by atoms with Crippen LogP contribution < -0.4 is 5.11 Å². The first-order valence-electron chi connectivity index (χ1n) is 5.37. The number of carbonyl (C=O) groups is 1. The van der Waals surface area contributed by atoms with Crippen molar-refractivity contribution < 1.29 is 18.3 Å². The largest absolute Gasteiger partial charge is 0.545 e. The molecule has 0 spiro atoms. The fourth-order valence-corrected chi connectivity index (χ4v) is 3.50. The Morgan fingerprint density at radius 3 is 1.95 bits per heavy atom. The third kappa shape index (κ3) is 4.07. The normalized spacial score (nSPS) is 11.7. The molecule has 1 aromatic rings. The summed E-state index contributed by atoms with van der Waals surface area (Å²) in [6, 6.07) is 4.80. The predicted molar refractivity (Wildman–Crippen MR) is 71.0 cm³/mol. The maximum atomic E-state index is 12.2. The molecule has 1 rings (SSSR count). The number of rotatable bonds is 7. The van der Waals surface area contributed by atoms with Crippen LogP contribution in [0.25, 0.3) is 0 Å². The number of aromatic carboxylic acids is 1.